The Morgan fingerprint density at radius 3 is 3.00 bits per heavy atom. The highest BCUT2D eigenvalue weighted by Crippen LogP contribution is 2.19. The van der Waals surface area contributed by atoms with E-state index in [0.717, 1.165) is 12.1 Å². The van der Waals surface area contributed by atoms with Crippen LogP contribution in [0.2, 0.25) is 0 Å². The second-order valence-electron chi connectivity index (χ2n) is 5.22. The van der Waals surface area contributed by atoms with Crippen molar-refractivity contribution in [2.24, 2.45) is 5.73 Å². The van der Waals surface area contributed by atoms with Crippen LogP contribution in [0, 0.1) is 0 Å². The third-order valence-corrected chi connectivity index (χ3v) is 3.58. The summed E-state index contributed by atoms with van der Waals surface area (Å²) in [6, 6.07) is 1.46. The summed E-state index contributed by atoms with van der Waals surface area (Å²) in [7, 11) is 0. The molecule has 0 unspecified atom stereocenters. The maximum atomic E-state index is 13.4. The molecule has 0 bridgehead atoms. The highest BCUT2D eigenvalue weighted by atomic mass is 19.1. The molecule has 1 fully saturated rings. The fourth-order valence-electron chi connectivity index (χ4n) is 2.49. The van der Waals surface area contributed by atoms with Gasteiger partial charge in [-0.05, 0) is 18.9 Å². The molecule has 116 valence electrons. The number of hydrogen-bond acceptors (Lipinski definition) is 4. The van der Waals surface area contributed by atoms with Crippen LogP contribution in [0.3, 0.4) is 0 Å². The van der Waals surface area contributed by atoms with Crippen LogP contribution in [0.5, 0.6) is 0 Å². The molecule has 1 aromatic rings. The average molecular weight is 297 g/mol. The van der Waals surface area contributed by atoms with Gasteiger partial charge in [0, 0.05) is 24.8 Å². The van der Waals surface area contributed by atoms with E-state index < -0.39 is 12.1 Å². The lowest BCUT2D eigenvalue weighted by atomic mass is 10.2. The minimum Gasteiger partial charge on any atom is -0.369 e. The number of hydrogen-bond donors (Lipinski definition) is 3. The van der Waals surface area contributed by atoms with E-state index in [0.29, 0.717) is 5.69 Å². The standard InChI is InChI=1S/C13H20FN5O2/c1-2-9-4-11(18-17-9)13(21)16-5-10-3-8(14)6-19(10)7-12(15)20/h4,8,10H,2-3,5-7H2,1H3,(H2,15,20)(H,16,21)(H,17,18)/t8-,10-/m0/s1. The van der Waals surface area contributed by atoms with E-state index in [1.165, 1.54) is 0 Å². The molecule has 1 aliphatic heterocycles. The van der Waals surface area contributed by atoms with Crippen molar-refractivity contribution in [2.45, 2.75) is 32.0 Å². The van der Waals surface area contributed by atoms with Gasteiger partial charge in [0.15, 0.2) is 0 Å². The smallest absolute Gasteiger partial charge is 0.271 e. The predicted octanol–water partition coefficient (Wildman–Crippen LogP) is -0.400. The first-order chi connectivity index (χ1) is 9.99. The number of alkyl halides is 1. The van der Waals surface area contributed by atoms with E-state index in [2.05, 4.69) is 15.5 Å². The molecule has 0 aliphatic carbocycles. The number of aromatic amines is 1. The molecule has 21 heavy (non-hydrogen) atoms. The molecule has 1 aromatic heterocycles. The van der Waals surface area contributed by atoms with Gasteiger partial charge < -0.3 is 11.1 Å². The molecule has 2 atom stereocenters. The molecule has 1 aliphatic rings. The Bertz CT molecular complexity index is 518. The minimum absolute atomic E-state index is 0.00332. The van der Waals surface area contributed by atoms with Gasteiger partial charge >= 0.3 is 0 Å². The molecule has 0 spiro atoms. The molecule has 0 radical (unpaired) electrons. The molecule has 0 saturated carbocycles. The van der Waals surface area contributed by atoms with E-state index in [1.807, 2.05) is 6.92 Å². The van der Waals surface area contributed by atoms with Crippen LogP contribution in [0.25, 0.3) is 0 Å². The van der Waals surface area contributed by atoms with Gasteiger partial charge in [-0.3, -0.25) is 19.6 Å². The van der Waals surface area contributed by atoms with Crippen molar-refractivity contribution in [3.63, 3.8) is 0 Å². The highest BCUT2D eigenvalue weighted by Gasteiger charge is 2.33. The van der Waals surface area contributed by atoms with Gasteiger partial charge in [-0.25, -0.2) is 4.39 Å². The van der Waals surface area contributed by atoms with Crippen LogP contribution in [0.4, 0.5) is 4.39 Å². The Morgan fingerprint density at radius 1 is 1.62 bits per heavy atom. The topological polar surface area (TPSA) is 104 Å². The summed E-state index contributed by atoms with van der Waals surface area (Å²) in [6.07, 6.45) is 0.0519. The van der Waals surface area contributed by atoms with Gasteiger partial charge in [-0.2, -0.15) is 5.10 Å². The zero-order chi connectivity index (χ0) is 15.4. The molecule has 8 heteroatoms. The Labute approximate surface area is 122 Å². The van der Waals surface area contributed by atoms with Crippen LogP contribution in [-0.4, -0.2) is 58.8 Å². The Morgan fingerprint density at radius 2 is 2.38 bits per heavy atom. The van der Waals surface area contributed by atoms with Crippen molar-refractivity contribution in [1.29, 1.82) is 0 Å². The summed E-state index contributed by atoms with van der Waals surface area (Å²) in [5, 5.41) is 9.40. The normalized spacial score (nSPS) is 22.4. The lowest BCUT2D eigenvalue weighted by molar-refractivity contribution is -0.119. The summed E-state index contributed by atoms with van der Waals surface area (Å²) >= 11 is 0. The number of amides is 2. The van der Waals surface area contributed by atoms with Crippen molar-refractivity contribution in [3.05, 3.63) is 17.5 Å². The summed E-state index contributed by atoms with van der Waals surface area (Å²) in [5.74, 6) is -0.812. The largest absolute Gasteiger partial charge is 0.369 e. The molecule has 0 aromatic carbocycles. The number of primary amides is 1. The van der Waals surface area contributed by atoms with E-state index in [4.69, 9.17) is 5.73 Å². The average Bonchev–Trinajstić information content (AvgIpc) is 3.02. The summed E-state index contributed by atoms with van der Waals surface area (Å²) < 4.78 is 13.4. The Kier molecular flexibility index (Phi) is 4.89. The summed E-state index contributed by atoms with van der Waals surface area (Å²) in [5.41, 5.74) is 6.32. The Hall–Kier alpha value is -1.96. The quantitative estimate of drug-likeness (QED) is 0.664. The van der Waals surface area contributed by atoms with Crippen molar-refractivity contribution in [3.8, 4) is 0 Å². The first-order valence-corrected chi connectivity index (χ1v) is 6.98. The highest BCUT2D eigenvalue weighted by molar-refractivity contribution is 5.92. The monoisotopic (exact) mass is 297 g/mol. The number of aromatic nitrogens is 2. The van der Waals surface area contributed by atoms with Crippen molar-refractivity contribution < 1.29 is 14.0 Å². The second kappa shape index (κ2) is 6.66. The molecule has 1 saturated heterocycles. The van der Waals surface area contributed by atoms with E-state index in [1.54, 1.807) is 11.0 Å². The molecule has 2 heterocycles. The maximum Gasteiger partial charge on any atom is 0.271 e. The summed E-state index contributed by atoms with van der Waals surface area (Å²) in [6.45, 7) is 2.40. The molecular formula is C13H20FN5O2. The molecule has 2 amide bonds. The zero-order valence-corrected chi connectivity index (χ0v) is 11.9. The maximum absolute atomic E-state index is 13.4. The molecule has 4 N–H and O–H groups in total. The number of nitrogens with zero attached hydrogens (tertiary/aromatic N) is 2. The number of aryl methyl sites for hydroxylation is 1. The fourth-order valence-corrected chi connectivity index (χ4v) is 2.49. The van der Waals surface area contributed by atoms with E-state index in [-0.39, 0.29) is 38.0 Å². The van der Waals surface area contributed by atoms with Crippen molar-refractivity contribution in [1.82, 2.24) is 20.4 Å². The number of likely N-dealkylation sites (tertiary alicyclic amines) is 1. The lowest BCUT2D eigenvalue weighted by Crippen LogP contribution is -2.43. The van der Waals surface area contributed by atoms with Crippen LogP contribution < -0.4 is 11.1 Å². The van der Waals surface area contributed by atoms with Gasteiger partial charge in [0.25, 0.3) is 5.91 Å². The van der Waals surface area contributed by atoms with Crippen LogP contribution in [-0.2, 0) is 11.2 Å². The zero-order valence-electron chi connectivity index (χ0n) is 11.9. The Balaban J connectivity index is 1.88. The van der Waals surface area contributed by atoms with Gasteiger partial charge in [0.1, 0.15) is 11.9 Å². The first-order valence-electron chi connectivity index (χ1n) is 6.98. The van der Waals surface area contributed by atoms with Gasteiger partial charge in [0.05, 0.1) is 6.54 Å². The lowest BCUT2D eigenvalue weighted by Gasteiger charge is -2.22. The molecular weight excluding hydrogens is 277 g/mol. The van der Waals surface area contributed by atoms with Crippen LogP contribution in [0.15, 0.2) is 6.07 Å². The second-order valence-corrected chi connectivity index (χ2v) is 5.22. The van der Waals surface area contributed by atoms with Crippen molar-refractivity contribution in [2.75, 3.05) is 19.6 Å². The number of carbonyl (C=O) groups is 2. The van der Waals surface area contributed by atoms with Gasteiger partial charge in [-0.1, -0.05) is 6.92 Å². The third kappa shape index (κ3) is 4.01. The van der Waals surface area contributed by atoms with Crippen molar-refractivity contribution >= 4 is 11.8 Å². The van der Waals surface area contributed by atoms with E-state index in [9.17, 15) is 14.0 Å². The van der Waals surface area contributed by atoms with Crippen LogP contribution in [0.1, 0.15) is 29.5 Å². The minimum atomic E-state index is -0.997. The number of H-pyrrole nitrogens is 1. The van der Waals surface area contributed by atoms with Crippen LogP contribution >= 0.6 is 0 Å². The predicted molar refractivity (Wildman–Crippen MR) is 74.4 cm³/mol. The summed E-state index contributed by atoms with van der Waals surface area (Å²) in [4.78, 5) is 24.6. The van der Waals surface area contributed by atoms with E-state index >= 15 is 0 Å². The SMILES string of the molecule is CCc1cc(C(=O)NC[C@@H]2C[C@H](F)CN2CC(N)=O)n[nH]1. The fraction of sp³-hybridized carbons (Fsp3) is 0.615. The first kappa shape index (κ1) is 15.4. The number of halogens is 1. The number of carbonyl (C=O) groups excluding carboxylic acids is 2. The number of nitrogens with two attached hydrogens (primary N) is 1. The van der Waals surface area contributed by atoms with Gasteiger partial charge in [0.2, 0.25) is 5.91 Å². The molecule has 2 rings (SSSR count). The third-order valence-electron chi connectivity index (χ3n) is 3.58. The number of nitrogens with one attached hydrogen (secondary N) is 2. The number of rotatable bonds is 6. The van der Waals surface area contributed by atoms with Gasteiger partial charge in [-0.15, -0.1) is 0 Å². The molecule has 7 nitrogen and oxygen atoms in total.